The van der Waals surface area contributed by atoms with Gasteiger partial charge in [0.2, 0.25) is 0 Å². The van der Waals surface area contributed by atoms with Crippen molar-refractivity contribution in [3.05, 3.63) is 82.9 Å². The molecule has 0 spiro atoms. The predicted molar refractivity (Wildman–Crippen MR) is 174 cm³/mol. The number of amides is 2. The van der Waals surface area contributed by atoms with Crippen LogP contribution in [-0.2, 0) is 27.9 Å². The molecule has 2 atom stereocenters. The maximum Gasteiger partial charge on any atom is 0.281 e. The second-order valence-electron chi connectivity index (χ2n) is 12.8. The fourth-order valence-corrected chi connectivity index (χ4v) is 8.10. The fourth-order valence-electron chi connectivity index (χ4n) is 6.79. The molecule has 46 heavy (non-hydrogen) atoms. The summed E-state index contributed by atoms with van der Waals surface area (Å²) in [5.41, 5.74) is 0.388. The molecular formula is C33H38ClN5O6S. The maximum absolute atomic E-state index is 13.6. The number of carbonyl (C=O) groups excluding carboxylic acids is 2. The van der Waals surface area contributed by atoms with Crippen LogP contribution in [0.1, 0.15) is 51.7 Å². The van der Waals surface area contributed by atoms with Crippen LogP contribution in [0.25, 0.3) is 10.9 Å². The highest BCUT2D eigenvalue weighted by molar-refractivity contribution is 7.92. The highest BCUT2D eigenvalue weighted by atomic mass is 35.5. The Morgan fingerprint density at radius 2 is 1.78 bits per heavy atom. The Bertz CT molecular complexity index is 1920. The van der Waals surface area contributed by atoms with Crippen molar-refractivity contribution in [1.29, 1.82) is 0 Å². The third kappa shape index (κ3) is 5.80. The Morgan fingerprint density at radius 3 is 2.46 bits per heavy atom. The van der Waals surface area contributed by atoms with Crippen LogP contribution in [0, 0.1) is 0 Å². The number of likely N-dealkylation sites (tertiary alicyclic amines) is 1. The molecule has 1 aromatic heterocycles. The van der Waals surface area contributed by atoms with Gasteiger partial charge < -0.3 is 20.0 Å². The average molecular weight is 668 g/mol. The molecule has 1 fully saturated rings. The summed E-state index contributed by atoms with van der Waals surface area (Å²) in [5.74, 6) is 0.219. The van der Waals surface area contributed by atoms with Gasteiger partial charge in [-0.05, 0) is 62.2 Å². The number of anilines is 1. The number of carboxylic acid groups (broad SMARTS) is 1. The molecule has 1 aliphatic rings. The summed E-state index contributed by atoms with van der Waals surface area (Å²) in [5, 5.41) is 20.9. The van der Waals surface area contributed by atoms with E-state index < -0.39 is 31.7 Å². The van der Waals surface area contributed by atoms with E-state index in [0.29, 0.717) is 36.0 Å². The van der Waals surface area contributed by atoms with Crippen molar-refractivity contribution in [2.24, 2.45) is 0 Å². The first kappa shape index (κ1) is 33.2. The Balaban J connectivity index is 1.40. The van der Waals surface area contributed by atoms with Gasteiger partial charge in [0.1, 0.15) is 5.75 Å². The van der Waals surface area contributed by atoms with Crippen LogP contribution < -0.4 is 19.9 Å². The predicted octanol–water partition coefficient (Wildman–Crippen LogP) is 4.67. The number of benzene rings is 3. The first-order valence-electron chi connectivity index (χ1n) is 14.9. The number of carbonyl (C=O) groups is 2. The van der Waals surface area contributed by atoms with Gasteiger partial charge in [0.05, 0.1) is 41.5 Å². The van der Waals surface area contributed by atoms with E-state index in [2.05, 4.69) is 15.1 Å². The van der Waals surface area contributed by atoms with E-state index in [9.17, 15) is 23.1 Å². The highest BCUT2D eigenvalue weighted by Crippen LogP contribution is 2.44. The first-order chi connectivity index (χ1) is 21.6. The minimum Gasteiger partial charge on any atom is -0.498 e. The van der Waals surface area contributed by atoms with Gasteiger partial charge in [0.15, 0.2) is 11.4 Å². The number of sulfonamides is 1. The zero-order valence-corrected chi connectivity index (χ0v) is 28.0. The Labute approximate surface area is 273 Å². The summed E-state index contributed by atoms with van der Waals surface area (Å²) in [7, 11) is -2.51. The van der Waals surface area contributed by atoms with Crippen molar-refractivity contribution < 1.29 is 32.3 Å². The zero-order chi connectivity index (χ0) is 33.5. The molecule has 0 aliphatic carbocycles. The number of hydrogen-bond acceptors (Lipinski definition) is 7. The van der Waals surface area contributed by atoms with Crippen molar-refractivity contribution in [2.75, 3.05) is 18.4 Å². The Morgan fingerprint density at radius 1 is 1.09 bits per heavy atom. The molecule has 11 nitrogen and oxygen atoms in total. The summed E-state index contributed by atoms with van der Waals surface area (Å²) >= 11 is 6.04. The van der Waals surface area contributed by atoms with Crippen LogP contribution in [0.2, 0.25) is 5.02 Å². The van der Waals surface area contributed by atoms with Crippen molar-refractivity contribution >= 4 is 50.3 Å². The SMILES string of the molecule is COc1cccc2c1c(NS(=O)(=O)c1cccc(Cl)c1)nn2Cc1cccc(CNC(=O)[C@]2(C)CCC[N+]2(C(=O)[O-])C(C)(C)C)c1. The minimum atomic E-state index is -4.02. The van der Waals surface area contributed by atoms with Crippen molar-refractivity contribution in [3.8, 4) is 5.75 Å². The number of quaternary nitrogens is 1. The van der Waals surface area contributed by atoms with Gasteiger partial charge in [-0.15, -0.1) is 0 Å². The minimum absolute atomic E-state index is 0.00281. The van der Waals surface area contributed by atoms with E-state index in [-0.39, 0.29) is 34.7 Å². The molecule has 0 radical (unpaired) electrons. The molecule has 4 aromatic rings. The first-order valence-corrected chi connectivity index (χ1v) is 16.8. The average Bonchev–Trinajstić information content (AvgIpc) is 3.54. The molecule has 1 aliphatic heterocycles. The molecule has 13 heteroatoms. The van der Waals surface area contributed by atoms with E-state index in [4.69, 9.17) is 16.3 Å². The fraction of sp³-hybridized carbons (Fsp3) is 0.364. The number of nitrogens with zero attached hydrogens (tertiary/aromatic N) is 3. The Kier molecular flexibility index (Phi) is 8.84. The molecule has 3 aromatic carbocycles. The van der Waals surface area contributed by atoms with Gasteiger partial charge in [0.25, 0.3) is 22.0 Å². The van der Waals surface area contributed by atoms with Crippen LogP contribution in [0.15, 0.2) is 71.6 Å². The zero-order valence-electron chi connectivity index (χ0n) is 26.5. The number of rotatable bonds is 9. The van der Waals surface area contributed by atoms with Gasteiger partial charge in [0, 0.05) is 31.3 Å². The number of halogens is 1. The standard InChI is InChI=1S/C33H38ClN5O6S/c1-32(2,3)39(31(41)42)17-9-16-33(39,4)30(40)35-20-22-10-6-11-23(18-22)21-38-26-14-8-15-27(45-5)28(26)29(36-38)37-46(43,44)25-13-7-12-24(34)19-25/h6-8,10-15,18-19H,9,16-17,20-21H2,1-5H3,(H2-,35,36,37,40,41,42)/t33-,39?/m0/s1. The van der Waals surface area contributed by atoms with E-state index in [0.717, 1.165) is 11.1 Å². The molecule has 2 amide bonds. The van der Waals surface area contributed by atoms with Gasteiger partial charge in [-0.25, -0.2) is 8.42 Å². The third-order valence-corrected chi connectivity index (χ3v) is 10.6. The lowest BCUT2D eigenvalue weighted by Crippen LogP contribution is -2.77. The second kappa shape index (κ2) is 12.2. The normalized spacial score (nSPS) is 20.0. The van der Waals surface area contributed by atoms with E-state index in [1.807, 2.05) is 51.1 Å². The van der Waals surface area contributed by atoms with Crippen LogP contribution in [-0.4, -0.2) is 59.4 Å². The van der Waals surface area contributed by atoms with Gasteiger partial charge in [-0.1, -0.05) is 48.0 Å². The molecule has 1 unspecified atom stereocenters. The van der Waals surface area contributed by atoms with E-state index in [1.54, 1.807) is 35.9 Å². The molecule has 0 bridgehead atoms. The molecular weight excluding hydrogens is 630 g/mol. The summed E-state index contributed by atoms with van der Waals surface area (Å²) in [6.07, 6.45) is -0.213. The summed E-state index contributed by atoms with van der Waals surface area (Å²) in [4.78, 5) is 26.1. The van der Waals surface area contributed by atoms with Gasteiger partial charge in [-0.2, -0.15) is 5.10 Å². The number of methoxy groups -OCH3 is 1. The second-order valence-corrected chi connectivity index (χ2v) is 14.9. The van der Waals surface area contributed by atoms with Crippen LogP contribution in [0.3, 0.4) is 0 Å². The topological polar surface area (TPSA) is 142 Å². The highest BCUT2D eigenvalue weighted by Gasteiger charge is 2.63. The van der Waals surface area contributed by atoms with Crippen LogP contribution >= 0.6 is 11.6 Å². The quantitative estimate of drug-likeness (QED) is 0.247. The maximum atomic E-state index is 13.6. The summed E-state index contributed by atoms with van der Waals surface area (Å²) in [6, 6.07) is 18.9. The van der Waals surface area contributed by atoms with Crippen LogP contribution in [0.5, 0.6) is 5.75 Å². The number of fused-ring (bicyclic) bond motifs is 1. The summed E-state index contributed by atoms with van der Waals surface area (Å²) in [6.45, 7) is 7.99. The lowest BCUT2D eigenvalue weighted by atomic mass is 9.89. The third-order valence-electron chi connectivity index (χ3n) is 9.02. The molecule has 2 heterocycles. The van der Waals surface area contributed by atoms with Crippen LogP contribution in [0.4, 0.5) is 10.6 Å². The number of aromatic nitrogens is 2. The van der Waals surface area contributed by atoms with Gasteiger partial charge >= 0.3 is 0 Å². The smallest absolute Gasteiger partial charge is 0.281 e. The monoisotopic (exact) mass is 667 g/mol. The number of ether oxygens (including phenoxy) is 1. The lowest BCUT2D eigenvalue weighted by Gasteiger charge is -2.53. The largest absolute Gasteiger partial charge is 0.498 e. The van der Waals surface area contributed by atoms with E-state index in [1.165, 1.54) is 19.2 Å². The number of hydrogen-bond donors (Lipinski definition) is 2. The van der Waals surface area contributed by atoms with Crippen molar-refractivity contribution in [1.82, 2.24) is 15.1 Å². The molecule has 2 N–H and O–H groups in total. The molecule has 5 rings (SSSR count). The Hall–Kier alpha value is -4.13. The summed E-state index contributed by atoms with van der Waals surface area (Å²) < 4.78 is 35.9. The lowest BCUT2D eigenvalue weighted by molar-refractivity contribution is -0.942. The van der Waals surface area contributed by atoms with Crippen molar-refractivity contribution in [3.63, 3.8) is 0 Å². The molecule has 0 saturated carbocycles. The van der Waals surface area contributed by atoms with E-state index >= 15 is 0 Å². The number of nitrogens with one attached hydrogen (secondary N) is 2. The molecule has 244 valence electrons. The van der Waals surface area contributed by atoms with Gasteiger partial charge in [-0.3, -0.25) is 18.7 Å². The van der Waals surface area contributed by atoms with Crippen molar-refractivity contribution in [2.45, 2.75) is 69.6 Å². The molecule has 1 saturated heterocycles.